The highest BCUT2D eigenvalue weighted by Gasteiger charge is 2.50. The van der Waals surface area contributed by atoms with Crippen LogP contribution in [0.4, 0.5) is 0 Å². The van der Waals surface area contributed by atoms with Gasteiger partial charge in [0.15, 0.2) is 5.79 Å². The van der Waals surface area contributed by atoms with Crippen molar-refractivity contribution in [3.8, 4) is 0 Å². The van der Waals surface area contributed by atoms with E-state index in [-0.39, 0.29) is 23.7 Å². The summed E-state index contributed by atoms with van der Waals surface area (Å²) < 4.78 is 19.6. The van der Waals surface area contributed by atoms with Crippen molar-refractivity contribution < 1.29 is 19.0 Å². The molecular weight excluding hydrogens is 428 g/mol. The number of aliphatic hydroxyl groups excluding tert-OH is 1. The minimum absolute atomic E-state index is 0.0181. The highest BCUT2D eigenvalue weighted by atomic mass is 28.4. The zero-order valence-corrected chi connectivity index (χ0v) is 21.5. The van der Waals surface area contributed by atoms with Gasteiger partial charge in [0.05, 0.1) is 12.7 Å². The Kier molecular flexibility index (Phi) is 7.76. The Morgan fingerprint density at radius 1 is 0.970 bits per heavy atom. The minimum Gasteiger partial charge on any atom is -0.407 e. The molecule has 2 fully saturated rings. The Hall–Kier alpha value is -1.50. The molecule has 0 unspecified atom stereocenters. The van der Waals surface area contributed by atoms with Crippen LogP contribution in [0.15, 0.2) is 60.7 Å². The van der Waals surface area contributed by atoms with Crippen LogP contribution in [0.1, 0.15) is 59.3 Å². The molecule has 2 aliphatic rings. The van der Waals surface area contributed by atoms with Crippen LogP contribution in [-0.4, -0.2) is 45.1 Å². The van der Waals surface area contributed by atoms with E-state index in [1.54, 1.807) is 0 Å². The van der Waals surface area contributed by atoms with Crippen LogP contribution in [0.25, 0.3) is 0 Å². The summed E-state index contributed by atoms with van der Waals surface area (Å²) in [5.41, 5.74) is 0. The predicted octanol–water partition coefficient (Wildman–Crippen LogP) is 4.64. The molecule has 2 aromatic carbocycles. The number of rotatable bonds is 8. The lowest BCUT2D eigenvalue weighted by molar-refractivity contribution is -0.193. The van der Waals surface area contributed by atoms with Gasteiger partial charge >= 0.3 is 0 Å². The fourth-order valence-electron chi connectivity index (χ4n) is 5.68. The fourth-order valence-corrected chi connectivity index (χ4v) is 10.3. The molecule has 1 aliphatic heterocycles. The number of hydrogen-bond acceptors (Lipinski definition) is 4. The quantitative estimate of drug-likeness (QED) is 0.574. The summed E-state index contributed by atoms with van der Waals surface area (Å²) in [5, 5.41) is 12.7. The van der Waals surface area contributed by atoms with Crippen LogP contribution < -0.4 is 10.4 Å². The Labute approximate surface area is 200 Å². The van der Waals surface area contributed by atoms with Crippen molar-refractivity contribution in [1.29, 1.82) is 0 Å². The largest absolute Gasteiger partial charge is 0.407 e. The SMILES string of the molecule is CC(C)(C)[Si](OCC[C@@H](CO)[C@@H]1COC2(CCCCC2)O1)(c1ccccc1)c1ccccc1. The van der Waals surface area contributed by atoms with Gasteiger partial charge in [-0.1, -0.05) is 87.9 Å². The summed E-state index contributed by atoms with van der Waals surface area (Å²) in [7, 11) is -2.56. The predicted molar refractivity (Wildman–Crippen MR) is 135 cm³/mol. The first-order valence-electron chi connectivity index (χ1n) is 12.6. The molecule has 0 radical (unpaired) electrons. The van der Waals surface area contributed by atoms with Gasteiger partial charge in [0.25, 0.3) is 8.32 Å². The molecule has 2 atom stereocenters. The maximum Gasteiger partial charge on any atom is 0.261 e. The van der Waals surface area contributed by atoms with Gasteiger partial charge in [0, 0.05) is 32.0 Å². The minimum atomic E-state index is -2.56. The lowest BCUT2D eigenvalue weighted by Crippen LogP contribution is -2.66. The first-order chi connectivity index (χ1) is 15.9. The zero-order valence-electron chi connectivity index (χ0n) is 20.5. The summed E-state index contributed by atoms with van der Waals surface area (Å²) >= 11 is 0. The average Bonchev–Trinajstić information content (AvgIpc) is 3.23. The second-order valence-electron chi connectivity index (χ2n) is 10.7. The molecule has 0 amide bonds. The van der Waals surface area contributed by atoms with E-state index in [0.29, 0.717) is 13.2 Å². The van der Waals surface area contributed by atoms with E-state index >= 15 is 0 Å². The standard InChI is InChI=1S/C28H40O4Si/c1-27(2,3)33(24-13-7-4-8-14-24,25-15-9-5-10-16-25)31-20-17-23(21-29)26-22-30-28(32-26)18-11-6-12-19-28/h4-5,7-10,13-16,23,26,29H,6,11-12,17-22H2,1-3H3/t23-,26-/m0/s1. The molecule has 4 rings (SSSR count). The van der Waals surface area contributed by atoms with Crippen molar-refractivity contribution in [1.82, 2.24) is 0 Å². The Balaban J connectivity index is 1.52. The molecule has 5 heteroatoms. The molecule has 33 heavy (non-hydrogen) atoms. The Bertz CT molecular complexity index is 819. The molecular formula is C28H40O4Si. The average molecular weight is 469 g/mol. The van der Waals surface area contributed by atoms with Crippen LogP contribution in [0.2, 0.25) is 5.04 Å². The van der Waals surface area contributed by atoms with E-state index in [2.05, 4.69) is 81.4 Å². The molecule has 0 bridgehead atoms. The van der Waals surface area contributed by atoms with Gasteiger partial charge in [-0.3, -0.25) is 0 Å². The summed E-state index contributed by atoms with van der Waals surface area (Å²) in [6.45, 7) is 8.14. The third-order valence-corrected chi connectivity index (χ3v) is 12.5. The van der Waals surface area contributed by atoms with Crippen LogP contribution >= 0.6 is 0 Å². The monoisotopic (exact) mass is 468 g/mol. The Morgan fingerprint density at radius 2 is 1.55 bits per heavy atom. The van der Waals surface area contributed by atoms with Gasteiger partial charge in [0.1, 0.15) is 0 Å². The zero-order chi connectivity index (χ0) is 23.4. The summed E-state index contributed by atoms with van der Waals surface area (Å²) in [6, 6.07) is 21.4. The number of ether oxygens (including phenoxy) is 2. The van der Waals surface area contributed by atoms with Crippen LogP contribution in [0.3, 0.4) is 0 Å². The van der Waals surface area contributed by atoms with E-state index in [9.17, 15) is 5.11 Å². The molecule has 1 saturated carbocycles. The fraction of sp³-hybridized carbons (Fsp3) is 0.571. The highest BCUT2D eigenvalue weighted by Crippen LogP contribution is 2.40. The molecule has 1 saturated heterocycles. The Morgan fingerprint density at radius 3 is 2.06 bits per heavy atom. The molecule has 1 heterocycles. The lowest BCUT2D eigenvalue weighted by atomic mass is 9.94. The molecule has 1 spiro atoms. The molecule has 0 aromatic heterocycles. The van der Waals surface area contributed by atoms with Crippen molar-refractivity contribution in [2.75, 3.05) is 19.8 Å². The molecule has 180 valence electrons. The van der Waals surface area contributed by atoms with E-state index in [1.165, 1.54) is 16.8 Å². The molecule has 1 N–H and O–H groups in total. The van der Waals surface area contributed by atoms with Gasteiger partial charge in [-0.2, -0.15) is 0 Å². The highest BCUT2D eigenvalue weighted by molar-refractivity contribution is 6.99. The normalized spacial score (nSPS) is 21.9. The second-order valence-corrected chi connectivity index (χ2v) is 15.0. The number of benzene rings is 2. The molecule has 1 aliphatic carbocycles. The van der Waals surface area contributed by atoms with Crippen molar-refractivity contribution in [3.05, 3.63) is 60.7 Å². The maximum atomic E-state index is 10.2. The van der Waals surface area contributed by atoms with Crippen LogP contribution in [0.5, 0.6) is 0 Å². The van der Waals surface area contributed by atoms with E-state index in [1.807, 2.05) is 0 Å². The third-order valence-electron chi connectivity index (χ3n) is 7.48. The van der Waals surface area contributed by atoms with E-state index < -0.39 is 14.1 Å². The van der Waals surface area contributed by atoms with Gasteiger partial charge in [-0.25, -0.2) is 0 Å². The van der Waals surface area contributed by atoms with Crippen molar-refractivity contribution in [2.24, 2.45) is 5.92 Å². The first-order valence-corrected chi connectivity index (χ1v) is 14.5. The smallest absolute Gasteiger partial charge is 0.261 e. The third kappa shape index (κ3) is 5.13. The maximum absolute atomic E-state index is 10.2. The van der Waals surface area contributed by atoms with E-state index in [0.717, 1.165) is 32.1 Å². The summed E-state index contributed by atoms with van der Waals surface area (Å²) in [6.07, 6.45) is 6.22. The first kappa shape index (κ1) is 24.6. The van der Waals surface area contributed by atoms with Crippen LogP contribution in [-0.2, 0) is 13.9 Å². The summed E-state index contributed by atoms with van der Waals surface area (Å²) in [4.78, 5) is 0. The van der Waals surface area contributed by atoms with E-state index in [4.69, 9.17) is 13.9 Å². The lowest BCUT2D eigenvalue weighted by Gasteiger charge is -2.43. The number of aliphatic hydroxyl groups is 1. The van der Waals surface area contributed by atoms with Gasteiger partial charge < -0.3 is 19.0 Å². The molecule has 2 aromatic rings. The summed E-state index contributed by atoms with van der Waals surface area (Å²) in [5.74, 6) is -0.389. The van der Waals surface area contributed by atoms with Crippen molar-refractivity contribution in [3.63, 3.8) is 0 Å². The van der Waals surface area contributed by atoms with Gasteiger partial charge in [-0.15, -0.1) is 0 Å². The topological polar surface area (TPSA) is 47.9 Å². The molecule has 4 nitrogen and oxygen atoms in total. The van der Waals surface area contributed by atoms with Crippen LogP contribution in [0, 0.1) is 5.92 Å². The van der Waals surface area contributed by atoms with Crippen molar-refractivity contribution in [2.45, 2.75) is 76.2 Å². The van der Waals surface area contributed by atoms with Gasteiger partial charge in [-0.05, 0) is 34.7 Å². The van der Waals surface area contributed by atoms with Crippen molar-refractivity contribution >= 4 is 18.7 Å². The number of hydrogen-bond donors (Lipinski definition) is 1. The second kappa shape index (κ2) is 10.4. The van der Waals surface area contributed by atoms with Gasteiger partial charge in [0.2, 0.25) is 0 Å².